The Labute approximate surface area is 155 Å². The second-order valence-electron chi connectivity index (χ2n) is 6.80. The van der Waals surface area contributed by atoms with Gasteiger partial charge in [-0.15, -0.1) is 0 Å². The summed E-state index contributed by atoms with van der Waals surface area (Å²) in [6.07, 6.45) is 1.31. The third-order valence-corrected chi connectivity index (χ3v) is 5.26. The summed E-state index contributed by atoms with van der Waals surface area (Å²) >= 11 is 0. The van der Waals surface area contributed by atoms with Gasteiger partial charge in [-0.2, -0.15) is 5.26 Å². The van der Waals surface area contributed by atoms with E-state index in [0.29, 0.717) is 32.6 Å². The summed E-state index contributed by atoms with van der Waals surface area (Å²) in [5.41, 5.74) is -0.889. The van der Waals surface area contributed by atoms with Crippen molar-refractivity contribution in [1.82, 2.24) is 9.13 Å². The van der Waals surface area contributed by atoms with Crippen LogP contribution in [0.2, 0.25) is 0 Å². The van der Waals surface area contributed by atoms with Crippen LogP contribution in [0.4, 0.5) is 10.2 Å². The van der Waals surface area contributed by atoms with Gasteiger partial charge in [0, 0.05) is 39.3 Å². The first-order chi connectivity index (χ1) is 12.9. The highest BCUT2D eigenvalue weighted by atomic mass is 19.1. The lowest BCUT2D eigenvalue weighted by Crippen LogP contribution is -2.43. The number of ether oxygens (including phenoxy) is 1. The number of rotatable bonds is 4. The molecule has 0 aliphatic carbocycles. The molecule has 0 bridgehead atoms. The highest BCUT2D eigenvalue weighted by Gasteiger charge is 2.35. The van der Waals surface area contributed by atoms with Crippen LogP contribution in [-0.2, 0) is 24.2 Å². The fourth-order valence-electron chi connectivity index (χ4n) is 3.55. The van der Waals surface area contributed by atoms with E-state index in [1.807, 2.05) is 12.1 Å². The lowest BCUT2D eigenvalue weighted by Gasteiger charge is -2.38. The Balaban J connectivity index is 2.02. The first-order valence-corrected chi connectivity index (χ1v) is 8.67. The largest absolute Gasteiger partial charge is 0.381 e. The predicted octanol–water partition coefficient (Wildman–Crippen LogP) is 1.26. The minimum Gasteiger partial charge on any atom is -0.381 e. The van der Waals surface area contributed by atoms with Crippen molar-refractivity contribution in [3.8, 4) is 6.07 Å². The van der Waals surface area contributed by atoms with Gasteiger partial charge in [-0.1, -0.05) is 12.1 Å². The van der Waals surface area contributed by atoms with Gasteiger partial charge >= 0.3 is 5.69 Å². The maximum atomic E-state index is 13.8. The normalized spacial score (nSPS) is 15.9. The van der Waals surface area contributed by atoms with Crippen molar-refractivity contribution in [2.45, 2.75) is 18.3 Å². The van der Waals surface area contributed by atoms with Crippen LogP contribution in [0.25, 0.3) is 0 Å². The number of nitriles is 1. The Hall–Kier alpha value is -2.92. The fraction of sp³-hybridized carbons (Fsp3) is 0.421. The van der Waals surface area contributed by atoms with E-state index < -0.39 is 16.7 Å². The van der Waals surface area contributed by atoms with Crippen molar-refractivity contribution in [2.75, 3.05) is 25.1 Å². The van der Waals surface area contributed by atoms with Crippen LogP contribution in [0.1, 0.15) is 24.0 Å². The molecular formula is C19H21FN4O3. The molecule has 3 rings (SSSR count). The third-order valence-electron chi connectivity index (χ3n) is 5.26. The number of nitrogens with zero attached hydrogens (tertiary/aromatic N) is 3. The van der Waals surface area contributed by atoms with Crippen molar-refractivity contribution in [3.05, 3.63) is 62.0 Å². The smallest absolute Gasteiger partial charge is 0.332 e. The van der Waals surface area contributed by atoms with Crippen molar-refractivity contribution in [1.29, 1.82) is 5.26 Å². The molecule has 0 spiro atoms. The number of benzene rings is 1. The Morgan fingerprint density at radius 2 is 1.96 bits per heavy atom. The van der Waals surface area contributed by atoms with Crippen LogP contribution in [-0.4, -0.2) is 28.9 Å². The molecule has 1 aliphatic heterocycles. The van der Waals surface area contributed by atoms with Crippen LogP contribution < -0.4 is 16.6 Å². The van der Waals surface area contributed by atoms with Crippen LogP contribution in [0.5, 0.6) is 0 Å². The number of hydrogen-bond donors (Lipinski definition) is 1. The minimum absolute atomic E-state index is 0.124. The van der Waals surface area contributed by atoms with Gasteiger partial charge in [0.2, 0.25) is 0 Å². The summed E-state index contributed by atoms with van der Waals surface area (Å²) in [6.45, 7) is 1.40. The van der Waals surface area contributed by atoms with Crippen molar-refractivity contribution in [3.63, 3.8) is 0 Å². The number of anilines is 1. The molecule has 0 atom stereocenters. The van der Waals surface area contributed by atoms with Crippen molar-refractivity contribution < 1.29 is 9.13 Å². The third kappa shape index (κ3) is 3.38. The number of hydrogen-bond acceptors (Lipinski definition) is 5. The lowest BCUT2D eigenvalue weighted by atomic mass is 9.74. The van der Waals surface area contributed by atoms with E-state index in [1.54, 1.807) is 6.07 Å². The van der Waals surface area contributed by atoms with E-state index in [9.17, 15) is 19.2 Å². The molecule has 2 aromatic rings. The SMILES string of the molecule is Cn1c(NCC2(c3cccc(F)c3)CCOCC2)c(C#N)c(=O)n(C)c1=O. The van der Waals surface area contributed by atoms with E-state index in [4.69, 9.17) is 4.74 Å². The van der Waals surface area contributed by atoms with Gasteiger partial charge in [-0.05, 0) is 30.5 Å². The Bertz CT molecular complexity index is 1010. The average molecular weight is 372 g/mol. The minimum atomic E-state index is -0.644. The van der Waals surface area contributed by atoms with E-state index in [-0.39, 0.29) is 17.2 Å². The molecule has 7 nitrogen and oxygen atoms in total. The maximum absolute atomic E-state index is 13.8. The van der Waals surface area contributed by atoms with Gasteiger partial charge in [0.05, 0.1) is 0 Å². The van der Waals surface area contributed by atoms with Gasteiger partial charge < -0.3 is 10.1 Å². The van der Waals surface area contributed by atoms with E-state index in [2.05, 4.69) is 5.32 Å². The Kier molecular flexibility index (Phi) is 5.15. The summed E-state index contributed by atoms with van der Waals surface area (Å²) < 4.78 is 21.4. The molecule has 1 N–H and O–H groups in total. The van der Waals surface area contributed by atoms with Gasteiger partial charge in [-0.25, -0.2) is 9.18 Å². The molecular weight excluding hydrogens is 351 g/mol. The summed E-state index contributed by atoms with van der Waals surface area (Å²) in [4.78, 5) is 24.5. The lowest BCUT2D eigenvalue weighted by molar-refractivity contribution is 0.0542. The summed E-state index contributed by atoms with van der Waals surface area (Å²) in [5, 5.41) is 12.5. The number of halogens is 1. The Morgan fingerprint density at radius 1 is 1.26 bits per heavy atom. The van der Waals surface area contributed by atoms with Gasteiger partial charge in [0.25, 0.3) is 5.56 Å². The molecule has 1 fully saturated rings. The summed E-state index contributed by atoms with van der Waals surface area (Å²) in [6, 6.07) is 8.30. The number of aromatic nitrogens is 2. The monoisotopic (exact) mass is 372 g/mol. The molecule has 1 aliphatic rings. The first-order valence-electron chi connectivity index (χ1n) is 8.67. The van der Waals surface area contributed by atoms with Crippen LogP contribution in [0.15, 0.2) is 33.9 Å². The van der Waals surface area contributed by atoms with Crippen LogP contribution >= 0.6 is 0 Å². The molecule has 8 heteroatoms. The number of nitrogens with one attached hydrogen (secondary N) is 1. The molecule has 1 saturated heterocycles. The molecule has 2 heterocycles. The standard InChI is InChI=1S/C19H21FN4O3/c1-23-16(15(11-21)17(25)24(2)18(23)26)22-12-19(6-8-27-9-7-19)13-4-3-5-14(20)10-13/h3-5,10,22H,6-9,12H2,1-2H3. The van der Waals surface area contributed by atoms with E-state index in [0.717, 1.165) is 10.1 Å². The van der Waals surface area contributed by atoms with Gasteiger partial charge in [0.1, 0.15) is 17.7 Å². The fourth-order valence-corrected chi connectivity index (χ4v) is 3.55. The van der Waals surface area contributed by atoms with Crippen LogP contribution in [0.3, 0.4) is 0 Å². The molecule has 0 saturated carbocycles. The second-order valence-corrected chi connectivity index (χ2v) is 6.80. The predicted molar refractivity (Wildman–Crippen MR) is 98.3 cm³/mol. The van der Waals surface area contributed by atoms with E-state index in [1.165, 1.54) is 30.8 Å². The quantitative estimate of drug-likeness (QED) is 0.873. The zero-order valence-electron chi connectivity index (χ0n) is 15.3. The molecule has 1 aromatic carbocycles. The highest BCUT2D eigenvalue weighted by molar-refractivity contribution is 5.52. The average Bonchev–Trinajstić information content (AvgIpc) is 2.69. The molecule has 27 heavy (non-hydrogen) atoms. The van der Waals surface area contributed by atoms with E-state index >= 15 is 0 Å². The Morgan fingerprint density at radius 3 is 2.59 bits per heavy atom. The van der Waals surface area contributed by atoms with Crippen molar-refractivity contribution in [2.24, 2.45) is 14.1 Å². The molecule has 0 amide bonds. The zero-order chi connectivity index (χ0) is 19.6. The van der Waals surface area contributed by atoms with Gasteiger partial charge in [0.15, 0.2) is 5.56 Å². The summed E-state index contributed by atoms with van der Waals surface area (Å²) in [7, 11) is 2.84. The van der Waals surface area contributed by atoms with Crippen LogP contribution in [0, 0.1) is 17.1 Å². The molecule has 1 aromatic heterocycles. The maximum Gasteiger partial charge on any atom is 0.332 e. The molecule has 0 unspecified atom stereocenters. The zero-order valence-corrected chi connectivity index (χ0v) is 15.3. The highest BCUT2D eigenvalue weighted by Crippen LogP contribution is 2.35. The van der Waals surface area contributed by atoms with Gasteiger partial charge in [-0.3, -0.25) is 13.9 Å². The second kappa shape index (κ2) is 7.37. The first kappa shape index (κ1) is 18.9. The molecule has 0 radical (unpaired) electrons. The molecule has 142 valence electrons. The topological polar surface area (TPSA) is 89.1 Å². The van der Waals surface area contributed by atoms with Crippen molar-refractivity contribution >= 4 is 5.82 Å². The summed E-state index contributed by atoms with van der Waals surface area (Å²) in [5.74, 6) is -0.148.